The Hall–Kier alpha value is -2.23. The van der Waals surface area contributed by atoms with E-state index in [4.69, 9.17) is 0 Å². The van der Waals surface area contributed by atoms with Crippen LogP contribution >= 0.6 is 0 Å². The Morgan fingerprint density at radius 1 is 1.15 bits per heavy atom. The van der Waals surface area contributed by atoms with Gasteiger partial charge in [0, 0.05) is 11.3 Å². The quantitative estimate of drug-likeness (QED) is 0.932. The molecule has 0 aliphatic heterocycles. The Labute approximate surface area is 117 Å². The summed E-state index contributed by atoms with van der Waals surface area (Å²) in [5, 5.41) is 2.82. The molecule has 20 heavy (non-hydrogen) atoms. The predicted octanol–water partition coefficient (Wildman–Crippen LogP) is 3.19. The van der Waals surface area contributed by atoms with Gasteiger partial charge < -0.3 is 5.32 Å². The van der Waals surface area contributed by atoms with Gasteiger partial charge in [-0.1, -0.05) is 24.3 Å². The minimum atomic E-state index is -0.812. The molecule has 0 unspecified atom stereocenters. The van der Waals surface area contributed by atoms with Crippen LogP contribution in [0.25, 0.3) is 0 Å². The van der Waals surface area contributed by atoms with Crippen molar-refractivity contribution in [3.05, 3.63) is 65.2 Å². The van der Waals surface area contributed by atoms with Crippen LogP contribution in [0.15, 0.2) is 42.5 Å². The molecule has 0 aliphatic carbocycles. The van der Waals surface area contributed by atoms with Crippen molar-refractivity contribution in [1.82, 2.24) is 10.3 Å². The third kappa shape index (κ3) is 3.02. The topological polar surface area (TPSA) is 42.0 Å². The van der Waals surface area contributed by atoms with Crippen LogP contribution in [-0.4, -0.2) is 10.9 Å². The third-order valence-corrected chi connectivity index (χ3v) is 3.09. The second-order valence-corrected chi connectivity index (χ2v) is 5.22. The van der Waals surface area contributed by atoms with Crippen molar-refractivity contribution >= 4 is 5.91 Å². The van der Waals surface area contributed by atoms with Crippen LogP contribution in [0.2, 0.25) is 0 Å². The summed E-state index contributed by atoms with van der Waals surface area (Å²) in [5.41, 5.74) is 0.727. The molecular formula is C16H17FN2O. The molecule has 0 bridgehead atoms. The number of rotatable bonds is 3. The molecule has 0 aliphatic rings. The SMILES string of the molecule is Cc1cccc(C(=O)NC(C)(C)c2ccccc2F)n1. The molecule has 0 spiro atoms. The summed E-state index contributed by atoms with van der Waals surface area (Å²) in [5.74, 6) is -0.656. The predicted molar refractivity (Wildman–Crippen MR) is 75.9 cm³/mol. The van der Waals surface area contributed by atoms with Crippen molar-refractivity contribution in [3.8, 4) is 0 Å². The number of benzene rings is 1. The number of nitrogens with one attached hydrogen (secondary N) is 1. The fourth-order valence-electron chi connectivity index (χ4n) is 2.05. The number of nitrogens with zero attached hydrogens (tertiary/aromatic N) is 1. The summed E-state index contributed by atoms with van der Waals surface area (Å²) in [4.78, 5) is 16.4. The van der Waals surface area contributed by atoms with Gasteiger partial charge in [0.25, 0.3) is 5.91 Å². The highest BCUT2D eigenvalue weighted by atomic mass is 19.1. The lowest BCUT2D eigenvalue weighted by molar-refractivity contribution is 0.0905. The first-order chi connectivity index (χ1) is 9.40. The first-order valence-corrected chi connectivity index (χ1v) is 6.41. The van der Waals surface area contributed by atoms with Crippen LogP contribution in [0.5, 0.6) is 0 Å². The number of amides is 1. The van der Waals surface area contributed by atoms with Crippen molar-refractivity contribution in [2.45, 2.75) is 26.3 Å². The van der Waals surface area contributed by atoms with Crippen LogP contribution < -0.4 is 5.32 Å². The number of aromatic nitrogens is 1. The van der Waals surface area contributed by atoms with E-state index >= 15 is 0 Å². The lowest BCUT2D eigenvalue weighted by Crippen LogP contribution is -2.42. The summed E-state index contributed by atoms with van der Waals surface area (Å²) < 4.78 is 13.8. The summed E-state index contributed by atoms with van der Waals surface area (Å²) in [6.45, 7) is 5.34. The van der Waals surface area contributed by atoms with Crippen molar-refractivity contribution in [2.24, 2.45) is 0 Å². The van der Waals surface area contributed by atoms with Gasteiger partial charge in [-0.3, -0.25) is 4.79 Å². The minimum absolute atomic E-state index is 0.318. The zero-order chi connectivity index (χ0) is 14.8. The highest BCUT2D eigenvalue weighted by molar-refractivity contribution is 5.92. The normalized spacial score (nSPS) is 11.2. The molecule has 1 N–H and O–H groups in total. The number of hydrogen-bond donors (Lipinski definition) is 1. The van der Waals surface area contributed by atoms with Crippen LogP contribution in [0, 0.1) is 12.7 Å². The van der Waals surface area contributed by atoms with Crippen LogP contribution in [-0.2, 0) is 5.54 Å². The number of carbonyl (C=O) groups excluding carboxylic acids is 1. The van der Waals surface area contributed by atoms with Crippen LogP contribution in [0.4, 0.5) is 4.39 Å². The lowest BCUT2D eigenvalue weighted by Gasteiger charge is -2.27. The molecule has 1 heterocycles. The van der Waals surface area contributed by atoms with Gasteiger partial charge in [-0.15, -0.1) is 0 Å². The van der Waals surface area contributed by atoms with Gasteiger partial charge in [0.05, 0.1) is 5.54 Å². The van der Waals surface area contributed by atoms with Crippen LogP contribution in [0.3, 0.4) is 0 Å². The number of carbonyl (C=O) groups is 1. The molecule has 1 aromatic heterocycles. The molecular weight excluding hydrogens is 255 g/mol. The molecule has 1 amide bonds. The van der Waals surface area contributed by atoms with Gasteiger partial charge in [0.15, 0.2) is 0 Å². The molecule has 104 valence electrons. The first kappa shape index (κ1) is 14.2. The molecule has 0 saturated carbocycles. The monoisotopic (exact) mass is 272 g/mol. The van der Waals surface area contributed by atoms with E-state index in [1.807, 2.05) is 13.0 Å². The van der Waals surface area contributed by atoms with E-state index in [1.165, 1.54) is 6.07 Å². The standard InChI is InChI=1S/C16H17FN2O/c1-11-7-6-10-14(18-11)15(20)19-16(2,3)12-8-4-5-9-13(12)17/h4-10H,1-3H3,(H,19,20). The molecule has 2 aromatic rings. The Morgan fingerprint density at radius 2 is 1.85 bits per heavy atom. The van der Waals surface area contributed by atoms with Gasteiger partial charge in [-0.25, -0.2) is 9.37 Å². The molecule has 3 nitrogen and oxygen atoms in total. The number of pyridine rings is 1. The molecule has 0 radical (unpaired) electrons. The van der Waals surface area contributed by atoms with Crippen molar-refractivity contribution < 1.29 is 9.18 Å². The van der Waals surface area contributed by atoms with E-state index in [-0.39, 0.29) is 11.7 Å². The second kappa shape index (κ2) is 5.41. The van der Waals surface area contributed by atoms with Crippen molar-refractivity contribution in [3.63, 3.8) is 0 Å². The average Bonchev–Trinajstić information content (AvgIpc) is 2.38. The van der Waals surface area contributed by atoms with Gasteiger partial charge in [-0.05, 0) is 39.0 Å². The van der Waals surface area contributed by atoms with Gasteiger partial charge >= 0.3 is 0 Å². The molecule has 4 heteroatoms. The molecule has 2 rings (SSSR count). The van der Waals surface area contributed by atoms with E-state index in [9.17, 15) is 9.18 Å². The maximum absolute atomic E-state index is 13.8. The van der Waals surface area contributed by atoms with Gasteiger partial charge in [0.2, 0.25) is 0 Å². The number of halogens is 1. The molecule has 1 aromatic carbocycles. The maximum Gasteiger partial charge on any atom is 0.270 e. The lowest BCUT2D eigenvalue weighted by atomic mass is 9.93. The fourth-order valence-corrected chi connectivity index (χ4v) is 2.05. The maximum atomic E-state index is 13.8. The van der Waals surface area contributed by atoms with Crippen molar-refractivity contribution in [1.29, 1.82) is 0 Å². The summed E-state index contributed by atoms with van der Waals surface area (Å²) in [6.07, 6.45) is 0. The first-order valence-electron chi connectivity index (χ1n) is 6.41. The zero-order valence-corrected chi connectivity index (χ0v) is 11.8. The van der Waals surface area contributed by atoms with E-state index in [0.29, 0.717) is 11.3 Å². The Morgan fingerprint density at radius 3 is 2.50 bits per heavy atom. The van der Waals surface area contributed by atoms with E-state index in [2.05, 4.69) is 10.3 Å². The summed E-state index contributed by atoms with van der Waals surface area (Å²) in [7, 11) is 0. The minimum Gasteiger partial charge on any atom is -0.342 e. The highest BCUT2D eigenvalue weighted by Crippen LogP contribution is 2.23. The zero-order valence-electron chi connectivity index (χ0n) is 11.8. The van der Waals surface area contributed by atoms with Crippen molar-refractivity contribution in [2.75, 3.05) is 0 Å². The van der Waals surface area contributed by atoms with E-state index < -0.39 is 5.54 Å². The molecule has 0 atom stereocenters. The summed E-state index contributed by atoms with van der Waals surface area (Å²) >= 11 is 0. The average molecular weight is 272 g/mol. The fraction of sp³-hybridized carbons (Fsp3) is 0.250. The molecule has 0 saturated heterocycles. The van der Waals surface area contributed by atoms with E-state index in [0.717, 1.165) is 5.69 Å². The summed E-state index contributed by atoms with van der Waals surface area (Å²) in [6, 6.07) is 11.6. The Balaban J connectivity index is 2.24. The number of aryl methyl sites for hydroxylation is 1. The third-order valence-electron chi connectivity index (χ3n) is 3.09. The molecule has 0 fully saturated rings. The second-order valence-electron chi connectivity index (χ2n) is 5.22. The largest absolute Gasteiger partial charge is 0.342 e. The Kier molecular flexibility index (Phi) is 3.84. The van der Waals surface area contributed by atoms with Gasteiger partial charge in [0.1, 0.15) is 11.5 Å². The van der Waals surface area contributed by atoms with E-state index in [1.54, 1.807) is 44.2 Å². The Bertz CT molecular complexity index is 638. The number of hydrogen-bond acceptors (Lipinski definition) is 2. The van der Waals surface area contributed by atoms with Gasteiger partial charge in [-0.2, -0.15) is 0 Å². The van der Waals surface area contributed by atoms with Crippen LogP contribution in [0.1, 0.15) is 35.6 Å². The smallest absolute Gasteiger partial charge is 0.270 e. The highest BCUT2D eigenvalue weighted by Gasteiger charge is 2.26.